The highest BCUT2D eigenvalue weighted by atomic mass is 32.1. The van der Waals surface area contributed by atoms with E-state index in [4.69, 9.17) is 17.0 Å². The van der Waals surface area contributed by atoms with E-state index in [0.717, 1.165) is 17.9 Å². The van der Waals surface area contributed by atoms with E-state index in [1.54, 1.807) is 4.90 Å². The van der Waals surface area contributed by atoms with E-state index in [-0.39, 0.29) is 11.8 Å². The highest BCUT2D eigenvalue weighted by Gasteiger charge is 2.29. The summed E-state index contributed by atoms with van der Waals surface area (Å²) in [4.78, 5) is 13.7. The minimum absolute atomic E-state index is 0.0333. The Morgan fingerprint density at radius 2 is 2.11 bits per heavy atom. The van der Waals surface area contributed by atoms with E-state index in [1.807, 2.05) is 31.2 Å². The number of thiocarbonyl (C=S) groups is 1. The van der Waals surface area contributed by atoms with Crippen LogP contribution < -0.4 is 15.0 Å². The van der Waals surface area contributed by atoms with Crippen LogP contribution >= 0.6 is 12.2 Å². The maximum Gasteiger partial charge on any atom is 0.237 e. The highest BCUT2D eigenvalue weighted by Crippen LogP contribution is 2.23. The number of hydrogen-bond acceptors (Lipinski definition) is 3. The molecule has 0 aromatic heterocycles. The maximum atomic E-state index is 12.2. The van der Waals surface area contributed by atoms with E-state index in [0.29, 0.717) is 18.3 Å². The summed E-state index contributed by atoms with van der Waals surface area (Å²) in [7, 11) is 0. The Balaban J connectivity index is 2.16. The topological polar surface area (TPSA) is 41.6 Å². The Bertz CT molecular complexity index is 473. The summed E-state index contributed by atoms with van der Waals surface area (Å²) in [5.74, 6) is 0.774. The molecule has 1 amide bonds. The first-order valence-electron chi connectivity index (χ1n) is 6.48. The van der Waals surface area contributed by atoms with Crippen molar-refractivity contribution in [3.05, 3.63) is 24.3 Å². The average molecular weight is 278 g/mol. The molecular weight excluding hydrogens is 260 g/mol. The van der Waals surface area contributed by atoms with Crippen molar-refractivity contribution < 1.29 is 9.53 Å². The van der Waals surface area contributed by atoms with Crippen molar-refractivity contribution in [2.24, 2.45) is 5.92 Å². The summed E-state index contributed by atoms with van der Waals surface area (Å²) in [5, 5.41) is 3.53. The second-order valence-corrected chi connectivity index (χ2v) is 4.99. The Hall–Kier alpha value is -1.62. The molecule has 19 heavy (non-hydrogen) atoms. The van der Waals surface area contributed by atoms with Crippen molar-refractivity contribution in [2.75, 3.05) is 18.1 Å². The van der Waals surface area contributed by atoms with E-state index >= 15 is 0 Å². The van der Waals surface area contributed by atoms with E-state index in [1.165, 1.54) is 0 Å². The van der Waals surface area contributed by atoms with Crippen molar-refractivity contribution in [3.8, 4) is 5.75 Å². The van der Waals surface area contributed by atoms with Gasteiger partial charge in [-0.3, -0.25) is 9.69 Å². The number of amides is 1. The van der Waals surface area contributed by atoms with Gasteiger partial charge in [-0.05, 0) is 42.9 Å². The molecule has 1 N–H and O–H groups in total. The minimum Gasteiger partial charge on any atom is -0.494 e. The van der Waals surface area contributed by atoms with Gasteiger partial charge in [0.2, 0.25) is 5.91 Å². The monoisotopic (exact) mass is 278 g/mol. The van der Waals surface area contributed by atoms with Gasteiger partial charge in [-0.2, -0.15) is 0 Å². The molecule has 0 saturated carbocycles. The van der Waals surface area contributed by atoms with Gasteiger partial charge in [-0.1, -0.05) is 13.8 Å². The first kappa shape index (κ1) is 13.8. The molecule has 4 nitrogen and oxygen atoms in total. The molecule has 1 aliphatic rings. The van der Waals surface area contributed by atoms with Gasteiger partial charge in [0, 0.05) is 6.54 Å². The smallest absolute Gasteiger partial charge is 0.237 e. The first-order valence-corrected chi connectivity index (χ1v) is 6.89. The number of hydrogen-bond donors (Lipinski definition) is 1. The molecule has 1 fully saturated rings. The lowest BCUT2D eigenvalue weighted by atomic mass is 10.1. The lowest BCUT2D eigenvalue weighted by molar-refractivity contribution is -0.121. The summed E-state index contributed by atoms with van der Waals surface area (Å²) in [6.07, 6.45) is 0.970. The van der Waals surface area contributed by atoms with Gasteiger partial charge in [0.05, 0.1) is 18.2 Å². The number of nitrogens with one attached hydrogen (secondary N) is 1. The Kier molecular flexibility index (Phi) is 4.37. The molecule has 0 bridgehead atoms. The predicted octanol–water partition coefficient (Wildman–Crippen LogP) is 2.33. The molecule has 1 atom stereocenters. The Morgan fingerprint density at radius 3 is 2.74 bits per heavy atom. The summed E-state index contributed by atoms with van der Waals surface area (Å²) in [6.45, 7) is 5.25. The van der Waals surface area contributed by atoms with Crippen molar-refractivity contribution in [3.63, 3.8) is 0 Å². The average Bonchev–Trinajstić information content (AvgIpc) is 2.42. The van der Waals surface area contributed by atoms with Gasteiger partial charge in [0.1, 0.15) is 5.75 Å². The molecule has 1 aromatic rings. The zero-order chi connectivity index (χ0) is 13.8. The lowest BCUT2D eigenvalue weighted by Crippen LogP contribution is -2.54. The van der Waals surface area contributed by atoms with Gasteiger partial charge < -0.3 is 10.1 Å². The van der Waals surface area contributed by atoms with Crippen LogP contribution in [0.5, 0.6) is 5.75 Å². The van der Waals surface area contributed by atoms with Crippen LogP contribution in [0.4, 0.5) is 5.69 Å². The Labute approximate surface area is 118 Å². The molecule has 102 valence electrons. The van der Waals surface area contributed by atoms with Crippen LogP contribution in [0.1, 0.15) is 20.3 Å². The number of nitrogens with zero attached hydrogens (tertiary/aromatic N) is 1. The molecule has 1 saturated heterocycles. The normalized spacial score (nSPS) is 19.3. The fourth-order valence-electron chi connectivity index (χ4n) is 1.88. The van der Waals surface area contributed by atoms with Crippen LogP contribution in [0.25, 0.3) is 0 Å². The van der Waals surface area contributed by atoms with Crippen LogP contribution in [0.3, 0.4) is 0 Å². The molecule has 5 heteroatoms. The summed E-state index contributed by atoms with van der Waals surface area (Å²) in [5.41, 5.74) is 0.776. The predicted molar refractivity (Wildman–Crippen MR) is 79.5 cm³/mol. The molecule has 0 spiro atoms. The van der Waals surface area contributed by atoms with Crippen LogP contribution in [0.2, 0.25) is 0 Å². The third-order valence-corrected chi connectivity index (χ3v) is 3.30. The van der Waals surface area contributed by atoms with Gasteiger partial charge in [-0.25, -0.2) is 0 Å². The van der Waals surface area contributed by atoms with Crippen LogP contribution in [-0.2, 0) is 4.79 Å². The molecule has 2 rings (SSSR count). The number of benzene rings is 1. The zero-order valence-electron chi connectivity index (χ0n) is 11.2. The SMILES string of the molecule is CCCOc1ccc(N2C(=O)[C@@H](C)CNC2=S)cc1. The third-order valence-electron chi connectivity index (χ3n) is 2.97. The molecule has 0 aliphatic carbocycles. The zero-order valence-corrected chi connectivity index (χ0v) is 12.0. The fourth-order valence-corrected chi connectivity index (χ4v) is 2.16. The summed E-state index contributed by atoms with van der Waals surface area (Å²) < 4.78 is 5.52. The second-order valence-electron chi connectivity index (χ2n) is 4.60. The molecule has 1 heterocycles. The number of anilines is 1. The molecule has 1 aliphatic heterocycles. The maximum absolute atomic E-state index is 12.2. The van der Waals surface area contributed by atoms with E-state index < -0.39 is 0 Å². The van der Waals surface area contributed by atoms with Crippen molar-refractivity contribution in [1.29, 1.82) is 0 Å². The van der Waals surface area contributed by atoms with Gasteiger partial charge in [0.15, 0.2) is 5.11 Å². The highest BCUT2D eigenvalue weighted by molar-refractivity contribution is 7.80. The van der Waals surface area contributed by atoms with E-state index in [9.17, 15) is 4.79 Å². The Morgan fingerprint density at radius 1 is 1.42 bits per heavy atom. The van der Waals surface area contributed by atoms with Crippen molar-refractivity contribution in [2.45, 2.75) is 20.3 Å². The molecule has 0 radical (unpaired) electrons. The fraction of sp³-hybridized carbons (Fsp3) is 0.429. The van der Waals surface area contributed by atoms with Gasteiger partial charge in [-0.15, -0.1) is 0 Å². The molecule has 0 unspecified atom stereocenters. The number of rotatable bonds is 4. The second kappa shape index (κ2) is 6.02. The quantitative estimate of drug-likeness (QED) is 0.858. The van der Waals surface area contributed by atoms with E-state index in [2.05, 4.69) is 12.2 Å². The lowest BCUT2D eigenvalue weighted by Gasteiger charge is -2.32. The van der Waals surface area contributed by atoms with Crippen LogP contribution in [0.15, 0.2) is 24.3 Å². The van der Waals surface area contributed by atoms with Gasteiger partial charge in [0.25, 0.3) is 0 Å². The standard InChI is InChI=1S/C14H18N2O2S/c1-3-8-18-12-6-4-11(5-7-12)16-13(17)10(2)9-15-14(16)19/h4-7,10H,3,8-9H2,1-2H3,(H,15,19)/t10-/m0/s1. The molecular formula is C14H18N2O2S. The number of carbonyl (C=O) groups is 1. The molecule has 1 aromatic carbocycles. The van der Waals surface area contributed by atoms with Crippen molar-refractivity contribution in [1.82, 2.24) is 5.32 Å². The largest absolute Gasteiger partial charge is 0.494 e. The minimum atomic E-state index is -0.0669. The van der Waals surface area contributed by atoms with Crippen molar-refractivity contribution >= 4 is 28.9 Å². The third kappa shape index (κ3) is 3.04. The summed E-state index contributed by atoms with van der Waals surface area (Å²) >= 11 is 5.20. The summed E-state index contributed by atoms with van der Waals surface area (Å²) in [6, 6.07) is 7.43. The van der Waals surface area contributed by atoms with Crippen LogP contribution in [0, 0.1) is 5.92 Å². The number of ether oxygens (including phenoxy) is 1. The number of carbonyl (C=O) groups excluding carboxylic acids is 1. The van der Waals surface area contributed by atoms with Gasteiger partial charge >= 0.3 is 0 Å². The van der Waals surface area contributed by atoms with Crippen LogP contribution in [-0.4, -0.2) is 24.2 Å². The first-order chi connectivity index (χ1) is 9.13.